The summed E-state index contributed by atoms with van der Waals surface area (Å²) in [5.74, 6) is -0.935. The van der Waals surface area contributed by atoms with Gasteiger partial charge in [0.05, 0.1) is 17.1 Å². The Kier molecular flexibility index (Phi) is 5.85. The lowest BCUT2D eigenvalue weighted by Crippen LogP contribution is -2.47. The fourth-order valence-electron chi connectivity index (χ4n) is 4.31. The largest absolute Gasteiger partial charge is 0.477 e. The van der Waals surface area contributed by atoms with Gasteiger partial charge in [0.25, 0.3) is 0 Å². The van der Waals surface area contributed by atoms with Gasteiger partial charge >= 0.3 is 5.97 Å². The molecule has 2 aromatic heterocycles. The average molecular weight is 487 g/mol. The minimum atomic E-state index is -1.98. The summed E-state index contributed by atoms with van der Waals surface area (Å²) in [6.07, 6.45) is 1.50. The van der Waals surface area contributed by atoms with Gasteiger partial charge in [-0.15, -0.1) is 0 Å². The fraction of sp³-hybridized carbons (Fsp3) is 0.185. The molecule has 0 amide bonds. The maximum atomic E-state index is 11.5. The van der Waals surface area contributed by atoms with Crippen LogP contribution in [-0.2, 0) is 4.43 Å². The van der Waals surface area contributed by atoms with Crippen molar-refractivity contribution < 1.29 is 14.3 Å². The van der Waals surface area contributed by atoms with Crippen molar-refractivity contribution in [3.05, 3.63) is 95.5 Å². The van der Waals surface area contributed by atoms with Gasteiger partial charge in [0.15, 0.2) is 4.96 Å². The second-order valence-corrected chi connectivity index (χ2v) is 12.9. The maximum Gasteiger partial charge on any atom is 0.347 e. The maximum absolute atomic E-state index is 11.5. The van der Waals surface area contributed by atoms with E-state index < -0.39 is 15.0 Å². The number of rotatable bonds is 6. The van der Waals surface area contributed by atoms with E-state index in [1.54, 1.807) is 6.20 Å². The Balaban J connectivity index is 1.60. The first-order valence-electron chi connectivity index (χ1n) is 11.2. The Bertz CT molecular complexity index is 1420. The molecular formula is C27H26N2O3SSi. The predicted molar refractivity (Wildman–Crippen MR) is 140 cm³/mol. The summed E-state index contributed by atoms with van der Waals surface area (Å²) in [6.45, 7) is 6.59. The van der Waals surface area contributed by atoms with Crippen LogP contribution in [0.25, 0.3) is 16.0 Å². The summed E-state index contributed by atoms with van der Waals surface area (Å²) in [5.41, 5.74) is 2.65. The molecule has 0 radical (unpaired) electrons. The summed E-state index contributed by atoms with van der Waals surface area (Å²) in [5, 5.41) is 11.9. The number of carboxylic acids is 1. The number of carboxylic acid groups (broad SMARTS) is 1. The third kappa shape index (κ3) is 4.30. The van der Waals surface area contributed by atoms with Gasteiger partial charge in [0.1, 0.15) is 4.88 Å². The van der Waals surface area contributed by atoms with Crippen LogP contribution in [0.5, 0.6) is 0 Å². The highest BCUT2D eigenvalue weighted by atomic mass is 32.1. The molecule has 2 heterocycles. The Morgan fingerprint density at radius 1 is 1.00 bits per heavy atom. The topological polar surface area (TPSA) is 63.8 Å². The molecule has 0 aliphatic heterocycles. The molecule has 7 heteroatoms. The second-order valence-electron chi connectivity index (χ2n) is 9.50. The van der Waals surface area contributed by atoms with E-state index >= 15 is 0 Å². The number of nitrogens with zero attached hydrogens (tertiary/aromatic N) is 2. The van der Waals surface area contributed by atoms with E-state index in [0.717, 1.165) is 16.6 Å². The summed E-state index contributed by atoms with van der Waals surface area (Å²) in [4.78, 5) is 17.0. The minimum absolute atomic E-state index is 0.155. The van der Waals surface area contributed by atoms with E-state index in [0.29, 0.717) is 4.96 Å². The lowest BCUT2D eigenvalue weighted by molar-refractivity contribution is 0.0702. The Morgan fingerprint density at radius 3 is 2.18 bits per heavy atom. The van der Waals surface area contributed by atoms with Gasteiger partial charge < -0.3 is 9.53 Å². The van der Waals surface area contributed by atoms with Crippen molar-refractivity contribution in [3.63, 3.8) is 0 Å². The molecule has 5 aromatic rings. The van der Waals surface area contributed by atoms with Crippen LogP contribution in [0.15, 0.2) is 85.1 Å². The number of thiazole rings is 1. The smallest absolute Gasteiger partial charge is 0.347 e. The molecule has 0 aliphatic rings. The molecule has 34 heavy (non-hydrogen) atoms. The van der Waals surface area contributed by atoms with E-state index in [-0.39, 0.29) is 16.4 Å². The van der Waals surface area contributed by atoms with Crippen molar-refractivity contribution in [1.29, 1.82) is 0 Å². The van der Waals surface area contributed by atoms with Gasteiger partial charge in [0.2, 0.25) is 9.04 Å². The normalized spacial score (nSPS) is 13.1. The van der Waals surface area contributed by atoms with Crippen LogP contribution < -0.4 is 10.4 Å². The number of aromatic carboxylic acids is 1. The van der Waals surface area contributed by atoms with E-state index in [1.807, 2.05) is 22.6 Å². The van der Waals surface area contributed by atoms with Gasteiger partial charge in [-0.3, -0.25) is 4.40 Å². The summed E-state index contributed by atoms with van der Waals surface area (Å²) >= 11 is 1.18. The van der Waals surface area contributed by atoms with E-state index in [9.17, 15) is 9.90 Å². The van der Waals surface area contributed by atoms with Crippen molar-refractivity contribution in [2.45, 2.75) is 26.9 Å². The molecule has 1 atom stereocenters. The Hall–Kier alpha value is -3.26. The highest BCUT2D eigenvalue weighted by Gasteiger charge is 2.32. The molecule has 0 saturated carbocycles. The number of imidazole rings is 1. The molecule has 1 N–H and O–H groups in total. The molecule has 3 aromatic carbocycles. The SMILES string of the molecule is CC(C)(C)C(O[SiH](c1ccccc1)c1ccccc1)c1ccc2nc3sc(C(=O)O)cn3c2c1. The number of aromatic nitrogens is 2. The third-order valence-corrected chi connectivity index (χ3v) is 9.40. The molecular weight excluding hydrogens is 460 g/mol. The van der Waals surface area contributed by atoms with Gasteiger partial charge in [-0.05, 0) is 33.5 Å². The van der Waals surface area contributed by atoms with Crippen LogP contribution in [-0.4, -0.2) is 29.5 Å². The Morgan fingerprint density at radius 2 is 1.62 bits per heavy atom. The van der Waals surface area contributed by atoms with E-state index in [2.05, 4.69) is 86.4 Å². The van der Waals surface area contributed by atoms with Crippen LogP contribution in [0.1, 0.15) is 42.1 Å². The van der Waals surface area contributed by atoms with Crippen LogP contribution in [0.2, 0.25) is 0 Å². The quantitative estimate of drug-likeness (QED) is 0.347. The molecule has 172 valence electrons. The zero-order chi connectivity index (χ0) is 23.9. The van der Waals surface area contributed by atoms with Crippen molar-refractivity contribution in [3.8, 4) is 0 Å². The zero-order valence-corrected chi connectivity index (χ0v) is 21.3. The second kappa shape index (κ2) is 8.83. The molecule has 0 fully saturated rings. The number of hydrogen-bond acceptors (Lipinski definition) is 4. The van der Waals surface area contributed by atoms with Crippen molar-refractivity contribution in [2.75, 3.05) is 0 Å². The fourth-order valence-corrected chi connectivity index (χ4v) is 7.83. The highest BCUT2D eigenvalue weighted by molar-refractivity contribution is 7.18. The third-order valence-electron chi connectivity index (χ3n) is 5.91. The molecule has 0 spiro atoms. The summed E-state index contributed by atoms with van der Waals surface area (Å²) in [7, 11) is -1.98. The number of benzene rings is 3. The van der Waals surface area contributed by atoms with Gasteiger partial charge in [0, 0.05) is 6.20 Å². The van der Waals surface area contributed by atoms with Gasteiger partial charge in [-0.25, -0.2) is 9.78 Å². The van der Waals surface area contributed by atoms with Crippen LogP contribution in [0.4, 0.5) is 0 Å². The first kappa shape index (κ1) is 22.5. The Labute approximate surface area is 204 Å². The van der Waals surface area contributed by atoms with Crippen LogP contribution >= 0.6 is 11.3 Å². The van der Waals surface area contributed by atoms with E-state index in [1.165, 1.54) is 21.7 Å². The molecule has 1 unspecified atom stereocenters. The highest BCUT2D eigenvalue weighted by Crippen LogP contribution is 2.38. The number of hydrogen-bond donors (Lipinski definition) is 1. The number of carbonyl (C=O) groups is 1. The zero-order valence-electron chi connectivity index (χ0n) is 19.3. The number of fused-ring (bicyclic) bond motifs is 3. The van der Waals surface area contributed by atoms with Crippen molar-refractivity contribution >= 4 is 52.7 Å². The molecule has 0 aliphatic carbocycles. The van der Waals surface area contributed by atoms with Crippen LogP contribution in [0.3, 0.4) is 0 Å². The van der Waals surface area contributed by atoms with E-state index in [4.69, 9.17) is 4.43 Å². The first-order chi connectivity index (χ1) is 16.3. The van der Waals surface area contributed by atoms with Gasteiger partial charge in [-0.2, -0.15) is 0 Å². The lowest BCUT2D eigenvalue weighted by atomic mass is 9.85. The standard InChI is InChI=1S/C27H26N2O3SSi/c1-27(2,3)24(32-34(19-10-6-4-7-11-19)20-12-8-5-9-13-20)18-14-15-21-22(16-18)29-17-23(25(30)31)33-26(29)28-21/h4-17,24,34H,1-3H3,(H,30,31). The molecule has 5 nitrogen and oxygen atoms in total. The predicted octanol–water partition coefficient (Wildman–Crippen LogP) is 4.89. The molecule has 0 bridgehead atoms. The minimum Gasteiger partial charge on any atom is -0.477 e. The lowest BCUT2D eigenvalue weighted by Gasteiger charge is -2.35. The summed E-state index contributed by atoms with van der Waals surface area (Å²) < 4.78 is 8.94. The molecule has 5 rings (SSSR count). The average Bonchev–Trinajstić information content (AvgIpc) is 3.38. The first-order valence-corrected chi connectivity index (χ1v) is 13.7. The molecule has 0 saturated heterocycles. The van der Waals surface area contributed by atoms with Gasteiger partial charge in [-0.1, -0.05) is 98.8 Å². The monoisotopic (exact) mass is 486 g/mol. The van der Waals surface area contributed by atoms with Crippen molar-refractivity contribution in [1.82, 2.24) is 9.38 Å². The van der Waals surface area contributed by atoms with Crippen LogP contribution in [0, 0.1) is 5.41 Å². The van der Waals surface area contributed by atoms with Crippen molar-refractivity contribution in [2.24, 2.45) is 5.41 Å². The summed E-state index contributed by atoms with van der Waals surface area (Å²) in [6, 6.07) is 27.2.